The molecule has 5 heteroatoms. The van der Waals surface area contributed by atoms with Gasteiger partial charge < -0.3 is 15.3 Å². The van der Waals surface area contributed by atoms with Crippen LogP contribution in [0.1, 0.15) is 46.0 Å². The van der Waals surface area contributed by atoms with E-state index in [1.165, 1.54) is 12.8 Å². The topological polar surface area (TPSA) is 69.6 Å². The number of carbonyl (C=O) groups is 2. The summed E-state index contributed by atoms with van der Waals surface area (Å²) < 4.78 is 0. The van der Waals surface area contributed by atoms with Gasteiger partial charge in [0.05, 0.1) is 5.92 Å². The molecule has 19 heavy (non-hydrogen) atoms. The molecule has 1 atom stereocenters. The molecule has 0 aromatic carbocycles. The van der Waals surface area contributed by atoms with Crippen molar-refractivity contribution in [2.75, 3.05) is 13.6 Å². The Morgan fingerprint density at radius 2 is 1.89 bits per heavy atom. The molecule has 0 aromatic heterocycles. The van der Waals surface area contributed by atoms with E-state index in [-0.39, 0.29) is 12.6 Å². The van der Waals surface area contributed by atoms with Crippen LogP contribution in [-0.4, -0.2) is 41.6 Å². The van der Waals surface area contributed by atoms with Gasteiger partial charge in [-0.3, -0.25) is 4.79 Å². The molecule has 0 bridgehead atoms. The lowest BCUT2D eigenvalue weighted by atomic mass is 9.97. The highest BCUT2D eigenvalue weighted by atomic mass is 16.4. The number of carbonyl (C=O) groups excluding carboxylic acids is 1. The summed E-state index contributed by atoms with van der Waals surface area (Å²) in [6, 6.07) is 0.162. The molecule has 1 saturated carbocycles. The Bertz CT molecular complexity index is 312. The van der Waals surface area contributed by atoms with Gasteiger partial charge in [-0.15, -0.1) is 0 Å². The predicted molar refractivity (Wildman–Crippen MR) is 74.0 cm³/mol. The largest absolute Gasteiger partial charge is 0.481 e. The number of nitrogens with one attached hydrogen (secondary N) is 1. The van der Waals surface area contributed by atoms with E-state index in [9.17, 15) is 9.59 Å². The summed E-state index contributed by atoms with van der Waals surface area (Å²) in [5.74, 6) is -1.02. The Balaban J connectivity index is 2.40. The van der Waals surface area contributed by atoms with Crippen molar-refractivity contribution in [2.24, 2.45) is 11.8 Å². The normalized spacial score (nSPS) is 17.5. The number of amides is 2. The van der Waals surface area contributed by atoms with Crippen LogP contribution in [0.5, 0.6) is 0 Å². The summed E-state index contributed by atoms with van der Waals surface area (Å²) in [6.07, 6.45) is 5.04. The second-order valence-corrected chi connectivity index (χ2v) is 5.90. The van der Waals surface area contributed by atoms with E-state index in [1.807, 2.05) is 13.8 Å². The number of aliphatic carboxylic acids is 1. The van der Waals surface area contributed by atoms with Gasteiger partial charge in [-0.25, -0.2) is 4.79 Å². The molecular weight excluding hydrogens is 244 g/mol. The Morgan fingerprint density at radius 3 is 2.37 bits per heavy atom. The average molecular weight is 270 g/mol. The summed E-state index contributed by atoms with van der Waals surface area (Å²) in [6.45, 7) is 4.19. The van der Waals surface area contributed by atoms with Crippen molar-refractivity contribution in [1.29, 1.82) is 0 Å². The zero-order valence-electron chi connectivity index (χ0n) is 12.2. The second kappa shape index (κ2) is 7.36. The lowest BCUT2D eigenvalue weighted by Gasteiger charge is -2.25. The van der Waals surface area contributed by atoms with E-state index in [4.69, 9.17) is 5.11 Å². The van der Waals surface area contributed by atoms with Gasteiger partial charge in [-0.05, 0) is 25.2 Å². The standard InChI is InChI=1S/C14H26N2O3/c1-10(2)8-11(13(17)18)9-15-14(19)16(3)12-6-4-5-7-12/h10-12H,4-9H2,1-3H3,(H,15,19)(H,17,18). The van der Waals surface area contributed by atoms with E-state index in [1.54, 1.807) is 11.9 Å². The van der Waals surface area contributed by atoms with Crippen LogP contribution in [0.4, 0.5) is 4.79 Å². The Kier molecular flexibility index (Phi) is 6.12. The average Bonchev–Trinajstić information content (AvgIpc) is 2.85. The van der Waals surface area contributed by atoms with Crippen molar-refractivity contribution in [3.63, 3.8) is 0 Å². The second-order valence-electron chi connectivity index (χ2n) is 5.90. The van der Waals surface area contributed by atoms with Crippen molar-refractivity contribution >= 4 is 12.0 Å². The SMILES string of the molecule is CC(C)CC(CNC(=O)N(C)C1CCCC1)C(=O)O. The molecule has 1 fully saturated rings. The number of carboxylic acid groups (broad SMARTS) is 1. The molecule has 0 spiro atoms. The van der Waals surface area contributed by atoms with Crippen molar-refractivity contribution in [3.8, 4) is 0 Å². The summed E-state index contributed by atoms with van der Waals surface area (Å²) >= 11 is 0. The quantitative estimate of drug-likeness (QED) is 0.778. The molecule has 0 radical (unpaired) electrons. The molecular formula is C14H26N2O3. The van der Waals surface area contributed by atoms with Crippen molar-refractivity contribution in [1.82, 2.24) is 10.2 Å². The van der Waals surface area contributed by atoms with Gasteiger partial charge in [0, 0.05) is 19.6 Å². The van der Waals surface area contributed by atoms with Crippen molar-refractivity contribution in [3.05, 3.63) is 0 Å². The smallest absolute Gasteiger partial charge is 0.317 e. The third-order valence-electron chi connectivity index (χ3n) is 3.80. The Labute approximate surface area is 115 Å². The first-order valence-corrected chi connectivity index (χ1v) is 7.15. The third kappa shape index (κ3) is 5.09. The summed E-state index contributed by atoms with van der Waals surface area (Å²) in [4.78, 5) is 24.8. The maximum Gasteiger partial charge on any atom is 0.317 e. The highest BCUT2D eigenvalue weighted by Gasteiger charge is 2.25. The van der Waals surface area contributed by atoms with E-state index in [2.05, 4.69) is 5.32 Å². The van der Waals surface area contributed by atoms with Gasteiger partial charge in [0.1, 0.15) is 0 Å². The molecule has 2 N–H and O–H groups in total. The number of nitrogens with zero attached hydrogens (tertiary/aromatic N) is 1. The van der Waals surface area contributed by atoms with E-state index in [0.717, 1.165) is 12.8 Å². The van der Waals surface area contributed by atoms with Gasteiger partial charge in [-0.2, -0.15) is 0 Å². The fourth-order valence-corrected chi connectivity index (χ4v) is 2.63. The molecule has 0 aromatic rings. The summed E-state index contributed by atoms with van der Waals surface area (Å²) in [5.41, 5.74) is 0. The first-order chi connectivity index (χ1) is 8.91. The number of hydrogen-bond donors (Lipinski definition) is 2. The van der Waals surface area contributed by atoms with E-state index in [0.29, 0.717) is 18.4 Å². The molecule has 5 nitrogen and oxygen atoms in total. The minimum atomic E-state index is -0.836. The number of rotatable bonds is 6. The molecule has 0 saturated heterocycles. The van der Waals surface area contributed by atoms with Gasteiger partial charge in [0.2, 0.25) is 0 Å². The highest BCUT2D eigenvalue weighted by Crippen LogP contribution is 2.22. The zero-order valence-corrected chi connectivity index (χ0v) is 12.2. The van der Waals surface area contributed by atoms with E-state index < -0.39 is 11.9 Å². The Hall–Kier alpha value is -1.26. The summed E-state index contributed by atoms with van der Waals surface area (Å²) in [5, 5.41) is 11.9. The minimum absolute atomic E-state index is 0.151. The van der Waals surface area contributed by atoms with Crippen molar-refractivity contribution in [2.45, 2.75) is 52.0 Å². The molecule has 0 aliphatic heterocycles. The van der Waals surface area contributed by atoms with Gasteiger partial charge >= 0.3 is 12.0 Å². The first-order valence-electron chi connectivity index (χ1n) is 7.15. The molecule has 1 aliphatic rings. The first kappa shape index (κ1) is 15.8. The lowest BCUT2D eigenvalue weighted by Crippen LogP contribution is -2.45. The Morgan fingerprint density at radius 1 is 1.32 bits per heavy atom. The van der Waals surface area contributed by atoms with Gasteiger partial charge in [0.25, 0.3) is 0 Å². The number of urea groups is 1. The van der Waals surface area contributed by atoms with Gasteiger partial charge in [0.15, 0.2) is 0 Å². The molecule has 1 unspecified atom stereocenters. The van der Waals surface area contributed by atoms with Crippen LogP contribution in [0.15, 0.2) is 0 Å². The molecule has 0 heterocycles. The van der Waals surface area contributed by atoms with Gasteiger partial charge in [-0.1, -0.05) is 26.7 Å². The summed E-state index contributed by atoms with van der Waals surface area (Å²) in [7, 11) is 1.80. The molecule has 2 amide bonds. The van der Waals surface area contributed by atoms with Crippen LogP contribution >= 0.6 is 0 Å². The maximum atomic E-state index is 12.0. The molecule has 110 valence electrons. The molecule has 1 rings (SSSR count). The molecule has 1 aliphatic carbocycles. The van der Waals surface area contributed by atoms with Crippen molar-refractivity contribution < 1.29 is 14.7 Å². The third-order valence-corrected chi connectivity index (χ3v) is 3.80. The fraction of sp³-hybridized carbons (Fsp3) is 0.857. The highest BCUT2D eigenvalue weighted by molar-refractivity contribution is 5.76. The van der Waals surface area contributed by atoms with Crippen LogP contribution in [0.3, 0.4) is 0 Å². The zero-order chi connectivity index (χ0) is 14.4. The monoisotopic (exact) mass is 270 g/mol. The van der Waals surface area contributed by atoms with Crippen LogP contribution in [0, 0.1) is 11.8 Å². The maximum absolute atomic E-state index is 12.0. The van der Waals surface area contributed by atoms with Crippen LogP contribution < -0.4 is 5.32 Å². The predicted octanol–water partition coefficient (Wildman–Crippen LogP) is 2.32. The number of hydrogen-bond acceptors (Lipinski definition) is 2. The fourth-order valence-electron chi connectivity index (χ4n) is 2.63. The van der Waals surface area contributed by atoms with E-state index >= 15 is 0 Å². The van der Waals surface area contributed by atoms with Crippen LogP contribution in [0.2, 0.25) is 0 Å². The lowest BCUT2D eigenvalue weighted by molar-refractivity contribution is -0.142. The van der Waals surface area contributed by atoms with Crippen LogP contribution in [-0.2, 0) is 4.79 Å². The minimum Gasteiger partial charge on any atom is -0.481 e. The number of carboxylic acids is 1. The van der Waals surface area contributed by atoms with Crippen LogP contribution in [0.25, 0.3) is 0 Å².